The third kappa shape index (κ3) is 3.29. The first-order valence-electron chi connectivity index (χ1n) is 5.84. The molecule has 0 fully saturated rings. The molecule has 6 heteroatoms. The van der Waals surface area contributed by atoms with Gasteiger partial charge in [0.15, 0.2) is 0 Å². The Morgan fingerprint density at radius 1 is 1.42 bits per heavy atom. The minimum absolute atomic E-state index is 0.109. The highest BCUT2D eigenvalue weighted by atomic mass is 32.1. The van der Waals surface area contributed by atoms with Crippen molar-refractivity contribution in [2.45, 2.75) is 12.4 Å². The van der Waals surface area contributed by atoms with Crippen LogP contribution in [0.3, 0.4) is 0 Å². The van der Waals surface area contributed by atoms with E-state index in [1.807, 2.05) is 6.07 Å². The van der Waals surface area contributed by atoms with E-state index in [0.29, 0.717) is 5.56 Å². The second-order valence-corrected chi connectivity index (χ2v) is 4.67. The summed E-state index contributed by atoms with van der Waals surface area (Å²) in [5, 5.41) is 5.69. The molecule has 2 N–H and O–H groups in total. The zero-order valence-corrected chi connectivity index (χ0v) is 11.4. The van der Waals surface area contributed by atoms with Crippen molar-refractivity contribution < 1.29 is 9.59 Å². The highest BCUT2D eigenvalue weighted by molar-refractivity contribution is 7.80. The van der Waals surface area contributed by atoms with E-state index in [4.69, 9.17) is 0 Å². The van der Waals surface area contributed by atoms with Gasteiger partial charge in [-0.2, -0.15) is 0 Å². The fraction of sp³-hybridized carbons (Fsp3) is 0.231. The SMILES string of the molecule is CC1=CC(=O)N(CNC(=O)c2ccccc2)[C@@H](S)N1. The highest BCUT2D eigenvalue weighted by Gasteiger charge is 2.23. The number of rotatable bonds is 3. The van der Waals surface area contributed by atoms with Crippen molar-refractivity contribution in [3.63, 3.8) is 0 Å². The summed E-state index contributed by atoms with van der Waals surface area (Å²) >= 11 is 4.27. The molecule has 5 nitrogen and oxygen atoms in total. The van der Waals surface area contributed by atoms with E-state index in [2.05, 4.69) is 23.3 Å². The van der Waals surface area contributed by atoms with Gasteiger partial charge in [-0.15, -0.1) is 12.6 Å². The third-order valence-electron chi connectivity index (χ3n) is 2.72. The molecule has 19 heavy (non-hydrogen) atoms. The fourth-order valence-electron chi connectivity index (χ4n) is 1.72. The van der Waals surface area contributed by atoms with Gasteiger partial charge in [0.25, 0.3) is 11.8 Å². The van der Waals surface area contributed by atoms with Gasteiger partial charge >= 0.3 is 0 Å². The average molecular weight is 277 g/mol. The van der Waals surface area contributed by atoms with Crippen molar-refractivity contribution in [3.8, 4) is 0 Å². The predicted molar refractivity (Wildman–Crippen MR) is 75.3 cm³/mol. The van der Waals surface area contributed by atoms with Gasteiger partial charge in [0, 0.05) is 17.3 Å². The first kappa shape index (κ1) is 13.5. The van der Waals surface area contributed by atoms with Crippen LogP contribution in [0.5, 0.6) is 0 Å². The molecule has 1 atom stereocenters. The van der Waals surface area contributed by atoms with Crippen LogP contribution in [-0.4, -0.2) is 28.9 Å². The summed E-state index contributed by atoms with van der Waals surface area (Å²) in [5.41, 5.74) is 0.881. The van der Waals surface area contributed by atoms with Crippen molar-refractivity contribution in [1.29, 1.82) is 0 Å². The molecule has 0 radical (unpaired) electrons. The molecule has 2 rings (SSSR count). The van der Waals surface area contributed by atoms with Crippen LogP contribution in [0.1, 0.15) is 17.3 Å². The second-order valence-electron chi connectivity index (χ2n) is 4.18. The third-order valence-corrected chi connectivity index (χ3v) is 3.13. The van der Waals surface area contributed by atoms with Gasteiger partial charge in [-0.05, 0) is 19.1 Å². The maximum atomic E-state index is 11.9. The maximum Gasteiger partial charge on any atom is 0.252 e. The Kier molecular flexibility index (Phi) is 4.11. The number of nitrogens with one attached hydrogen (secondary N) is 2. The smallest absolute Gasteiger partial charge is 0.252 e. The topological polar surface area (TPSA) is 61.4 Å². The van der Waals surface area contributed by atoms with E-state index < -0.39 is 5.50 Å². The van der Waals surface area contributed by atoms with Gasteiger partial charge in [-0.3, -0.25) is 14.5 Å². The van der Waals surface area contributed by atoms with Crippen LogP contribution in [0, 0.1) is 0 Å². The molecule has 0 spiro atoms. The number of carbonyl (C=O) groups excluding carboxylic acids is 2. The normalized spacial score (nSPS) is 18.6. The maximum absolute atomic E-state index is 11.9. The standard InChI is InChI=1S/C13H15N3O2S/c1-9-7-11(17)16(13(19)15-9)8-14-12(18)10-5-3-2-4-6-10/h2-7,13,15,19H,8H2,1H3,(H,14,18)/t13-/m0/s1. The number of nitrogens with zero attached hydrogens (tertiary/aromatic N) is 1. The van der Waals surface area contributed by atoms with Crippen molar-refractivity contribution in [3.05, 3.63) is 47.7 Å². The van der Waals surface area contributed by atoms with Gasteiger partial charge in [-0.1, -0.05) is 18.2 Å². The van der Waals surface area contributed by atoms with Crippen molar-refractivity contribution >= 4 is 24.4 Å². The second kappa shape index (κ2) is 5.79. The Bertz CT molecular complexity index is 516. The summed E-state index contributed by atoms with van der Waals surface area (Å²) in [6.45, 7) is 1.90. The van der Waals surface area contributed by atoms with Crippen LogP contribution >= 0.6 is 12.6 Å². The Morgan fingerprint density at radius 2 is 2.11 bits per heavy atom. The van der Waals surface area contributed by atoms with Gasteiger partial charge in [0.05, 0.1) is 6.67 Å². The Morgan fingerprint density at radius 3 is 2.74 bits per heavy atom. The highest BCUT2D eigenvalue weighted by Crippen LogP contribution is 2.10. The van der Waals surface area contributed by atoms with E-state index in [-0.39, 0.29) is 18.5 Å². The van der Waals surface area contributed by atoms with E-state index in [9.17, 15) is 9.59 Å². The first-order chi connectivity index (χ1) is 9.08. The molecule has 0 aromatic heterocycles. The molecule has 0 saturated carbocycles. The lowest BCUT2D eigenvalue weighted by Gasteiger charge is -2.32. The lowest BCUT2D eigenvalue weighted by atomic mass is 10.2. The summed E-state index contributed by atoms with van der Waals surface area (Å²) in [6.07, 6.45) is 1.47. The van der Waals surface area contributed by atoms with Crippen LogP contribution in [0.4, 0.5) is 0 Å². The van der Waals surface area contributed by atoms with Crippen LogP contribution < -0.4 is 10.6 Å². The van der Waals surface area contributed by atoms with E-state index in [1.54, 1.807) is 31.2 Å². The van der Waals surface area contributed by atoms with Crippen molar-refractivity contribution in [2.24, 2.45) is 0 Å². The number of hydrogen-bond donors (Lipinski definition) is 3. The molecule has 100 valence electrons. The van der Waals surface area contributed by atoms with E-state index in [1.165, 1.54) is 11.0 Å². The van der Waals surface area contributed by atoms with Crippen LogP contribution in [0.2, 0.25) is 0 Å². The Balaban J connectivity index is 1.96. The Hall–Kier alpha value is -1.95. The summed E-state index contributed by atoms with van der Waals surface area (Å²) in [6, 6.07) is 8.85. The van der Waals surface area contributed by atoms with Crippen molar-refractivity contribution in [1.82, 2.24) is 15.5 Å². The largest absolute Gasteiger partial charge is 0.360 e. The number of benzene rings is 1. The molecule has 1 aromatic rings. The number of hydrogen-bond acceptors (Lipinski definition) is 4. The van der Waals surface area contributed by atoms with Crippen molar-refractivity contribution in [2.75, 3.05) is 6.67 Å². The molecule has 0 bridgehead atoms. The molecular formula is C13H15N3O2S. The summed E-state index contributed by atoms with van der Waals surface area (Å²) < 4.78 is 0. The van der Waals surface area contributed by atoms with Gasteiger partial charge < -0.3 is 10.6 Å². The monoisotopic (exact) mass is 277 g/mol. The molecule has 0 aliphatic carbocycles. The molecule has 1 aliphatic heterocycles. The molecule has 0 saturated heterocycles. The quantitative estimate of drug-likeness (QED) is 0.720. The molecule has 1 aliphatic rings. The molecular weight excluding hydrogens is 262 g/mol. The number of thiol groups is 1. The minimum Gasteiger partial charge on any atom is -0.360 e. The molecule has 1 heterocycles. The molecule has 0 unspecified atom stereocenters. The summed E-state index contributed by atoms with van der Waals surface area (Å²) in [5.74, 6) is -0.398. The predicted octanol–water partition coefficient (Wildman–Crippen LogP) is 0.923. The van der Waals surface area contributed by atoms with Gasteiger partial charge in [0.1, 0.15) is 5.50 Å². The summed E-state index contributed by atoms with van der Waals surface area (Å²) in [4.78, 5) is 25.1. The van der Waals surface area contributed by atoms with E-state index in [0.717, 1.165) is 5.70 Å². The molecule has 2 amide bonds. The first-order valence-corrected chi connectivity index (χ1v) is 6.36. The fourth-order valence-corrected chi connectivity index (χ4v) is 2.12. The van der Waals surface area contributed by atoms with Gasteiger partial charge in [-0.25, -0.2) is 0 Å². The number of amides is 2. The number of allylic oxidation sites excluding steroid dienone is 1. The Labute approximate surface area is 117 Å². The zero-order valence-electron chi connectivity index (χ0n) is 10.5. The number of carbonyl (C=O) groups is 2. The lowest BCUT2D eigenvalue weighted by Crippen LogP contribution is -2.52. The van der Waals surface area contributed by atoms with Crippen LogP contribution in [-0.2, 0) is 4.79 Å². The lowest BCUT2D eigenvalue weighted by molar-refractivity contribution is -0.128. The summed E-state index contributed by atoms with van der Waals surface area (Å²) in [7, 11) is 0. The van der Waals surface area contributed by atoms with Gasteiger partial charge in [0.2, 0.25) is 0 Å². The van der Waals surface area contributed by atoms with Crippen LogP contribution in [0.15, 0.2) is 42.1 Å². The van der Waals surface area contributed by atoms with Crippen LogP contribution in [0.25, 0.3) is 0 Å². The average Bonchev–Trinajstić information content (AvgIpc) is 2.38. The zero-order chi connectivity index (χ0) is 13.8. The minimum atomic E-state index is -0.437. The van der Waals surface area contributed by atoms with E-state index >= 15 is 0 Å². The molecule has 1 aromatic carbocycles.